The first kappa shape index (κ1) is 13.3. The standard InChI is InChI=1S/C17H13N5O/c23-17(15-12-21-9-2-1-7-16(21)20-15)19-13-5-3-6-14(11-13)22-10-4-8-18-22/h1-12H,(H,19,23). The minimum absolute atomic E-state index is 0.244. The summed E-state index contributed by atoms with van der Waals surface area (Å²) >= 11 is 0. The Morgan fingerprint density at radius 1 is 1.04 bits per heavy atom. The van der Waals surface area contributed by atoms with Crippen molar-refractivity contribution in [2.24, 2.45) is 0 Å². The SMILES string of the molecule is O=C(Nc1cccc(-n2cccn2)c1)c1cn2ccccc2n1. The number of hydrogen-bond acceptors (Lipinski definition) is 3. The Morgan fingerprint density at radius 2 is 2.00 bits per heavy atom. The molecule has 0 fully saturated rings. The first-order valence-corrected chi connectivity index (χ1v) is 7.15. The van der Waals surface area contributed by atoms with Crippen molar-refractivity contribution in [1.82, 2.24) is 19.2 Å². The molecule has 0 atom stereocenters. The molecule has 0 bridgehead atoms. The number of rotatable bonds is 3. The van der Waals surface area contributed by atoms with E-state index in [-0.39, 0.29) is 5.91 Å². The number of nitrogens with one attached hydrogen (secondary N) is 1. The molecule has 1 amide bonds. The van der Waals surface area contributed by atoms with Gasteiger partial charge in [0.25, 0.3) is 5.91 Å². The molecule has 0 saturated carbocycles. The Hall–Kier alpha value is -3.41. The molecule has 1 N–H and O–H groups in total. The van der Waals surface area contributed by atoms with E-state index in [1.807, 2.05) is 65.3 Å². The lowest BCUT2D eigenvalue weighted by Crippen LogP contribution is -2.12. The zero-order chi connectivity index (χ0) is 15.6. The maximum absolute atomic E-state index is 12.4. The number of benzene rings is 1. The van der Waals surface area contributed by atoms with Gasteiger partial charge in [-0.15, -0.1) is 0 Å². The van der Waals surface area contributed by atoms with Crippen LogP contribution in [0.2, 0.25) is 0 Å². The Labute approximate surface area is 132 Å². The van der Waals surface area contributed by atoms with E-state index < -0.39 is 0 Å². The van der Waals surface area contributed by atoms with Crippen LogP contribution in [-0.2, 0) is 0 Å². The number of carbonyl (C=O) groups is 1. The predicted octanol–water partition coefficient (Wildman–Crippen LogP) is 2.77. The fraction of sp³-hybridized carbons (Fsp3) is 0. The number of amides is 1. The van der Waals surface area contributed by atoms with Crippen LogP contribution in [0.15, 0.2) is 73.3 Å². The highest BCUT2D eigenvalue weighted by Crippen LogP contribution is 2.15. The Balaban J connectivity index is 1.60. The number of pyridine rings is 1. The van der Waals surface area contributed by atoms with Crippen molar-refractivity contribution >= 4 is 17.2 Å². The zero-order valence-corrected chi connectivity index (χ0v) is 12.1. The fourth-order valence-electron chi connectivity index (χ4n) is 2.39. The zero-order valence-electron chi connectivity index (χ0n) is 12.1. The van der Waals surface area contributed by atoms with Crippen molar-refractivity contribution in [3.05, 3.63) is 79.0 Å². The second-order valence-corrected chi connectivity index (χ2v) is 5.05. The maximum atomic E-state index is 12.4. The van der Waals surface area contributed by atoms with E-state index in [1.165, 1.54) is 0 Å². The maximum Gasteiger partial charge on any atom is 0.275 e. The van der Waals surface area contributed by atoms with Gasteiger partial charge in [0, 0.05) is 30.5 Å². The minimum Gasteiger partial charge on any atom is -0.321 e. The van der Waals surface area contributed by atoms with Gasteiger partial charge in [0.1, 0.15) is 11.3 Å². The first-order valence-electron chi connectivity index (χ1n) is 7.15. The van der Waals surface area contributed by atoms with Crippen LogP contribution in [0.3, 0.4) is 0 Å². The van der Waals surface area contributed by atoms with Crippen LogP contribution in [0.5, 0.6) is 0 Å². The molecular formula is C17H13N5O. The van der Waals surface area contributed by atoms with E-state index in [0.717, 1.165) is 11.3 Å². The Kier molecular flexibility index (Phi) is 3.12. The molecule has 3 aromatic heterocycles. The molecule has 23 heavy (non-hydrogen) atoms. The summed E-state index contributed by atoms with van der Waals surface area (Å²) in [5, 5.41) is 7.05. The average Bonchev–Trinajstić information content (AvgIpc) is 3.24. The lowest BCUT2D eigenvalue weighted by atomic mass is 10.2. The van der Waals surface area contributed by atoms with Gasteiger partial charge >= 0.3 is 0 Å². The van der Waals surface area contributed by atoms with Crippen LogP contribution < -0.4 is 5.32 Å². The van der Waals surface area contributed by atoms with E-state index in [9.17, 15) is 4.79 Å². The number of fused-ring (bicyclic) bond motifs is 1. The van der Waals surface area contributed by atoms with Gasteiger partial charge in [0.2, 0.25) is 0 Å². The monoisotopic (exact) mass is 303 g/mol. The number of hydrogen-bond donors (Lipinski definition) is 1. The molecule has 0 unspecified atom stereocenters. The Morgan fingerprint density at radius 3 is 2.83 bits per heavy atom. The van der Waals surface area contributed by atoms with Crippen LogP contribution in [0, 0.1) is 0 Å². The number of carbonyl (C=O) groups excluding carboxylic acids is 1. The molecule has 0 aliphatic carbocycles. The summed E-state index contributed by atoms with van der Waals surface area (Å²) in [6, 6.07) is 15.0. The highest BCUT2D eigenvalue weighted by molar-refractivity contribution is 6.03. The first-order chi connectivity index (χ1) is 11.3. The quantitative estimate of drug-likeness (QED) is 0.633. The van der Waals surface area contributed by atoms with Crippen molar-refractivity contribution in [3.63, 3.8) is 0 Å². The number of aromatic nitrogens is 4. The molecule has 6 heteroatoms. The molecule has 1 aromatic carbocycles. The van der Waals surface area contributed by atoms with Gasteiger partial charge in [0.05, 0.1) is 5.69 Å². The summed E-state index contributed by atoms with van der Waals surface area (Å²) in [5.74, 6) is -0.244. The van der Waals surface area contributed by atoms with Gasteiger partial charge in [-0.2, -0.15) is 5.10 Å². The van der Waals surface area contributed by atoms with E-state index in [4.69, 9.17) is 0 Å². The topological polar surface area (TPSA) is 64.2 Å². The summed E-state index contributed by atoms with van der Waals surface area (Å²) in [6.45, 7) is 0. The van der Waals surface area contributed by atoms with E-state index in [2.05, 4.69) is 15.4 Å². The van der Waals surface area contributed by atoms with Crippen molar-refractivity contribution < 1.29 is 4.79 Å². The van der Waals surface area contributed by atoms with Gasteiger partial charge in [0.15, 0.2) is 0 Å². The molecule has 0 spiro atoms. The van der Waals surface area contributed by atoms with Crippen molar-refractivity contribution in [3.8, 4) is 5.69 Å². The second-order valence-electron chi connectivity index (χ2n) is 5.05. The molecule has 0 aliphatic rings. The highest BCUT2D eigenvalue weighted by Gasteiger charge is 2.11. The summed E-state index contributed by atoms with van der Waals surface area (Å²) < 4.78 is 3.55. The minimum atomic E-state index is -0.244. The second kappa shape index (κ2) is 5.42. The lowest BCUT2D eigenvalue weighted by Gasteiger charge is -2.06. The molecule has 112 valence electrons. The van der Waals surface area contributed by atoms with Crippen molar-refractivity contribution in [2.45, 2.75) is 0 Å². The fourth-order valence-corrected chi connectivity index (χ4v) is 2.39. The van der Waals surface area contributed by atoms with Crippen LogP contribution in [0.25, 0.3) is 11.3 Å². The van der Waals surface area contributed by atoms with E-state index in [1.54, 1.807) is 17.1 Å². The smallest absolute Gasteiger partial charge is 0.275 e. The molecular weight excluding hydrogens is 290 g/mol. The van der Waals surface area contributed by atoms with Crippen LogP contribution in [-0.4, -0.2) is 25.1 Å². The summed E-state index contributed by atoms with van der Waals surface area (Å²) in [5.41, 5.74) is 2.69. The summed E-state index contributed by atoms with van der Waals surface area (Å²) in [7, 11) is 0. The number of imidazole rings is 1. The molecule has 3 heterocycles. The molecule has 4 rings (SSSR count). The molecule has 0 saturated heterocycles. The van der Waals surface area contributed by atoms with Crippen LogP contribution in [0.1, 0.15) is 10.5 Å². The summed E-state index contributed by atoms with van der Waals surface area (Å²) in [6.07, 6.45) is 7.13. The van der Waals surface area contributed by atoms with Crippen molar-refractivity contribution in [1.29, 1.82) is 0 Å². The third-order valence-corrected chi connectivity index (χ3v) is 3.47. The van der Waals surface area contributed by atoms with Crippen molar-refractivity contribution in [2.75, 3.05) is 5.32 Å². The van der Waals surface area contributed by atoms with Gasteiger partial charge < -0.3 is 9.72 Å². The largest absolute Gasteiger partial charge is 0.321 e. The van der Waals surface area contributed by atoms with Gasteiger partial charge in [-0.1, -0.05) is 12.1 Å². The lowest BCUT2D eigenvalue weighted by molar-refractivity contribution is 0.102. The third-order valence-electron chi connectivity index (χ3n) is 3.47. The highest BCUT2D eigenvalue weighted by atomic mass is 16.1. The molecule has 0 aliphatic heterocycles. The van der Waals surface area contributed by atoms with E-state index in [0.29, 0.717) is 11.4 Å². The summed E-state index contributed by atoms with van der Waals surface area (Å²) in [4.78, 5) is 16.7. The normalized spacial score (nSPS) is 10.8. The van der Waals surface area contributed by atoms with Gasteiger partial charge in [-0.25, -0.2) is 9.67 Å². The molecule has 6 nitrogen and oxygen atoms in total. The predicted molar refractivity (Wildman–Crippen MR) is 86.7 cm³/mol. The van der Waals surface area contributed by atoms with Crippen LogP contribution >= 0.6 is 0 Å². The van der Waals surface area contributed by atoms with Gasteiger partial charge in [-0.05, 0) is 36.4 Å². The number of nitrogens with zero attached hydrogens (tertiary/aromatic N) is 4. The number of anilines is 1. The third kappa shape index (κ3) is 2.57. The average molecular weight is 303 g/mol. The van der Waals surface area contributed by atoms with Gasteiger partial charge in [-0.3, -0.25) is 4.79 Å². The van der Waals surface area contributed by atoms with Crippen LogP contribution in [0.4, 0.5) is 5.69 Å². The molecule has 4 aromatic rings. The Bertz CT molecular complexity index is 939. The van der Waals surface area contributed by atoms with E-state index >= 15 is 0 Å². The molecule has 0 radical (unpaired) electrons.